The molecule has 9 nitrogen and oxygen atoms in total. The van der Waals surface area contributed by atoms with Crippen LogP contribution in [-0.2, 0) is 33.3 Å². The summed E-state index contributed by atoms with van der Waals surface area (Å²) < 4.78 is 22.3. The molecule has 2 atom stereocenters. The quantitative estimate of drug-likeness (QED) is 0.0210. The molecule has 0 saturated heterocycles. The first-order chi connectivity index (χ1) is 25.1. The molecule has 0 aromatic rings. The molecule has 0 amide bonds. The fraction of sp³-hybridized carbons (Fsp3) is 0.698. The number of carboxylic acid groups (broad SMARTS) is 1. The molecule has 0 spiro atoms. The number of rotatable bonds is 35. The third kappa shape index (κ3) is 35.4. The fourth-order valence-corrected chi connectivity index (χ4v) is 4.91. The maximum atomic E-state index is 12.7. The molecule has 0 radical (unpaired) electrons. The van der Waals surface area contributed by atoms with Gasteiger partial charge in [0.25, 0.3) is 0 Å². The Hall–Kier alpha value is -3.01. The number of nitrogens with zero attached hydrogens (tertiary/aromatic N) is 1. The van der Waals surface area contributed by atoms with E-state index in [0.717, 1.165) is 96.3 Å². The van der Waals surface area contributed by atoms with Crippen LogP contribution in [0.1, 0.15) is 136 Å². The lowest BCUT2D eigenvalue weighted by molar-refractivity contribution is -0.870. The van der Waals surface area contributed by atoms with Crippen LogP contribution < -0.4 is 5.11 Å². The highest BCUT2D eigenvalue weighted by molar-refractivity contribution is 5.70. The Morgan fingerprint density at radius 2 is 1.10 bits per heavy atom. The number of hydrogen-bond acceptors (Lipinski definition) is 8. The molecular weight excluding hydrogens is 658 g/mol. The molecule has 0 saturated carbocycles. The van der Waals surface area contributed by atoms with Gasteiger partial charge in [-0.2, -0.15) is 0 Å². The van der Waals surface area contributed by atoms with E-state index in [1.165, 1.54) is 6.42 Å². The van der Waals surface area contributed by atoms with E-state index < -0.39 is 24.3 Å². The summed E-state index contributed by atoms with van der Waals surface area (Å²) in [6.07, 6.45) is 37.1. The molecule has 0 aliphatic rings. The van der Waals surface area contributed by atoms with Crippen molar-refractivity contribution >= 4 is 17.9 Å². The van der Waals surface area contributed by atoms with E-state index in [1.807, 2.05) is 21.1 Å². The molecule has 0 aromatic carbocycles. The molecule has 52 heavy (non-hydrogen) atoms. The molecule has 0 aliphatic carbocycles. The zero-order valence-electron chi connectivity index (χ0n) is 33.4. The predicted molar refractivity (Wildman–Crippen MR) is 209 cm³/mol. The number of carboxylic acids is 1. The lowest BCUT2D eigenvalue weighted by atomic mass is 10.1. The van der Waals surface area contributed by atoms with E-state index in [-0.39, 0.29) is 38.6 Å². The van der Waals surface area contributed by atoms with Crippen molar-refractivity contribution in [2.24, 2.45) is 0 Å². The average Bonchev–Trinajstić information content (AvgIpc) is 3.10. The Morgan fingerprint density at radius 3 is 1.63 bits per heavy atom. The van der Waals surface area contributed by atoms with Crippen LogP contribution in [0, 0.1) is 0 Å². The predicted octanol–water partition coefficient (Wildman–Crippen LogP) is 8.49. The van der Waals surface area contributed by atoms with E-state index in [9.17, 15) is 19.5 Å². The van der Waals surface area contributed by atoms with E-state index >= 15 is 0 Å². The van der Waals surface area contributed by atoms with Crippen LogP contribution in [0.15, 0.2) is 60.8 Å². The van der Waals surface area contributed by atoms with Gasteiger partial charge < -0.3 is 33.3 Å². The van der Waals surface area contributed by atoms with Gasteiger partial charge in [0, 0.05) is 12.8 Å². The molecule has 0 aliphatic heterocycles. The standard InChI is InChI=1S/C43H73NO8/c1-6-8-10-12-14-15-16-17-18-19-20-21-22-23-24-25-26-27-28-30-32-34-41(46)52-39(37-50-40(45)33-31-29-13-11-9-7-2)38-51-43(42(47)48)49-36-35-44(3,4)5/h8,10,14-15,17-18,20-21,23-24,39,43H,6-7,9,11-13,16,19,22,25-38H2,1-5H3/b10-8-,15-14-,18-17-,21-20-,24-23-. The topological polar surface area (TPSA) is 111 Å². The lowest BCUT2D eigenvalue weighted by Crippen LogP contribution is -2.44. The molecule has 0 bridgehead atoms. The van der Waals surface area contributed by atoms with Crippen LogP contribution in [0.2, 0.25) is 0 Å². The second kappa shape index (κ2) is 35.0. The van der Waals surface area contributed by atoms with Gasteiger partial charge >= 0.3 is 11.9 Å². The summed E-state index contributed by atoms with van der Waals surface area (Å²) in [5, 5.41) is 11.6. The molecule has 9 heteroatoms. The Balaban J connectivity index is 4.42. The van der Waals surface area contributed by atoms with Gasteiger partial charge in [-0.25, -0.2) is 0 Å². The first kappa shape index (κ1) is 49.0. The second-order valence-electron chi connectivity index (χ2n) is 14.2. The van der Waals surface area contributed by atoms with E-state index in [4.69, 9.17) is 18.9 Å². The van der Waals surface area contributed by atoms with Gasteiger partial charge in [-0.1, -0.05) is 126 Å². The lowest BCUT2D eigenvalue weighted by Gasteiger charge is -2.26. The van der Waals surface area contributed by atoms with Crippen molar-refractivity contribution in [3.05, 3.63) is 60.8 Å². The van der Waals surface area contributed by atoms with Crippen LogP contribution in [0.25, 0.3) is 0 Å². The third-order valence-electron chi connectivity index (χ3n) is 8.03. The highest BCUT2D eigenvalue weighted by Gasteiger charge is 2.21. The summed E-state index contributed by atoms with van der Waals surface area (Å²) in [5.74, 6) is -2.33. The van der Waals surface area contributed by atoms with Gasteiger partial charge in [0.1, 0.15) is 13.2 Å². The van der Waals surface area contributed by atoms with Gasteiger partial charge in [-0.15, -0.1) is 0 Å². The summed E-state index contributed by atoms with van der Waals surface area (Å²) in [7, 11) is 5.88. The van der Waals surface area contributed by atoms with Crippen LogP contribution in [-0.4, -0.2) is 82.3 Å². The highest BCUT2D eigenvalue weighted by Crippen LogP contribution is 2.12. The monoisotopic (exact) mass is 732 g/mol. The number of unbranched alkanes of at least 4 members (excludes halogenated alkanes) is 10. The Bertz CT molecular complexity index is 1040. The van der Waals surface area contributed by atoms with Crippen molar-refractivity contribution in [2.75, 3.05) is 47.5 Å². The molecule has 0 rings (SSSR count). The van der Waals surface area contributed by atoms with Gasteiger partial charge in [-0.05, 0) is 57.8 Å². The van der Waals surface area contributed by atoms with Crippen LogP contribution in [0.3, 0.4) is 0 Å². The molecular formula is C43H73NO8. The van der Waals surface area contributed by atoms with E-state index in [2.05, 4.69) is 74.6 Å². The van der Waals surface area contributed by atoms with Crippen LogP contribution in [0.5, 0.6) is 0 Å². The van der Waals surface area contributed by atoms with Gasteiger partial charge in [-0.3, -0.25) is 9.59 Å². The van der Waals surface area contributed by atoms with Crippen molar-refractivity contribution in [1.29, 1.82) is 0 Å². The number of likely N-dealkylation sites (N-methyl/N-ethyl adjacent to an activating group) is 1. The average molecular weight is 732 g/mol. The maximum absolute atomic E-state index is 12.7. The molecule has 0 fully saturated rings. The Kier molecular flexibility index (Phi) is 33.0. The first-order valence-corrected chi connectivity index (χ1v) is 19.9. The number of aliphatic carboxylic acids is 1. The van der Waals surface area contributed by atoms with Crippen LogP contribution >= 0.6 is 0 Å². The number of carbonyl (C=O) groups is 3. The zero-order chi connectivity index (χ0) is 38.5. The minimum atomic E-state index is -1.62. The third-order valence-corrected chi connectivity index (χ3v) is 8.03. The zero-order valence-corrected chi connectivity index (χ0v) is 33.4. The summed E-state index contributed by atoms with van der Waals surface area (Å²) >= 11 is 0. The molecule has 0 aromatic heterocycles. The summed E-state index contributed by atoms with van der Waals surface area (Å²) in [5.41, 5.74) is 0. The number of quaternary nitrogens is 1. The normalized spacial score (nSPS) is 13.6. The summed E-state index contributed by atoms with van der Waals surface area (Å²) in [6, 6.07) is 0. The molecule has 2 unspecified atom stereocenters. The van der Waals surface area contributed by atoms with Crippen molar-refractivity contribution in [3.8, 4) is 0 Å². The number of carbonyl (C=O) groups excluding carboxylic acids is 3. The first-order valence-electron chi connectivity index (χ1n) is 19.9. The van der Waals surface area contributed by atoms with Crippen molar-refractivity contribution in [3.63, 3.8) is 0 Å². The summed E-state index contributed by atoms with van der Waals surface area (Å²) in [6.45, 7) is 4.50. The maximum Gasteiger partial charge on any atom is 0.306 e. The van der Waals surface area contributed by atoms with Crippen molar-refractivity contribution < 1.29 is 42.9 Å². The Labute approximate surface area is 316 Å². The van der Waals surface area contributed by atoms with E-state index in [1.54, 1.807) is 0 Å². The second-order valence-corrected chi connectivity index (χ2v) is 14.2. The van der Waals surface area contributed by atoms with Crippen LogP contribution in [0.4, 0.5) is 0 Å². The molecule has 298 valence electrons. The van der Waals surface area contributed by atoms with Crippen molar-refractivity contribution in [2.45, 2.75) is 148 Å². The van der Waals surface area contributed by atoms with E-state index in [0.29, 0.717) is 17.4 Å². The van der Waals surface area contributed by atoms with Gasteiger partial charge in [0.05, 0.1) is 40.3 Å². The summed E-state index contributed by atoms with van der Waals surface area (Å²) in [4.78, 5) is 36.6. The minimum Gasteiger partial charge on any atom is -0.545 e. The minimum absolute atomic E-state index is 0.141. The molecule has 0 N–H and O–H groups in total. The largest absolute Gasteiger partial charge is 0.545 e. The SMILES string of the molecule is CC/C=C\C/C=C\C/C=C\C/C=C\C/C=C\CCCCCCCC(=O)OC(COC(=O)CCCCCCCC)COC(OCC[N+](C)(C)C)C(=O)[O-]. The number of allylic oxidation sites excluding steroid dienone is 10. The highest BCUT2D eigenvalue weighted by atomic mass is 16.7. The van der Waals surface area contributed by atoms with Gasteiger partial charge in [0.2, 0.25) is 0 Å². The fourth-order valence-electron chi connectivity index (χ4n) is 4.91. The van der Waals surface area contributed by atoms with Gasteiger partial charge in [0.15, 0.2) is 12.4 Å². The number of hydrogen-bond donors (Lipinski definition) is 0. The number of ether oxygens (including phenoxy) is 4. The molecule has 0 heterocycles. The van der Waals surface area contributed by atoms with Crippen molar-refractivity contribution in [1.82, 2.24) is 0 Å². The number of esters is 2. The Morgan fingerprint density at radius 1 is 0.596 bits per heavy atom. The smallest absolute Gasteiger partial charge is 0.306 e.